The predicted molar refractivity (Wildman–Crippen MR) is 110 cm³/mol. The van der Waals surface area contributed by atoms with Crippen LogP contribution in [0, 0.1) is 0 Å². The Labute approximate surface area is 168 Å². The van der Waals surface area contributed by atoms with E-state index in [0.29, 0.717) is 19.4 Å². The highest BCUT2D eigenvalue weighted by molar-refractivity contribution is 9.10. The average molecular weight is 433 g/mol. The van der Waals surface area contributed by atoms with Gasteiger partial charge in [-0.1, -0.05) is 34.1 Å². The topological polar surface area (TPSA) is 50.8 Å². The molecule has 1 fully saturated rings. The molecule has 5 nitrogen and oxygen atoms in total. The number of carbonyl (C=O) groups excluding carboxylic acids is 1. The lowest BCUT2D eigenvalue weighted by atomic mass is 10.2. The zero-order chi connectivity index (χ0) is 18.9. The van der Waals surface area contributed by atoms with Crippen LogP contribution in [-0.2, 0) is 16.1 Å². The second-order valence-corrected chi connectivity index (χ2v) is 7.46. The summed E-state index contributed by atoms with van der Waals surface area (Å²) in [5.74, 6) is 0.814. The van der Waals surface area contributed by atoms with Gasteiger partial charge in [-0.05, 0) is 42.3 Å². The third kappa shape index (κ3) is 6.97. The number of ether oxygens (including phenoxy) is 2. The number of nitrogens with zero attached hydrogens (tertiary/aromatic N) is 1. The van der Waals surface area contributed by atoms with Crippen LogP contribution in [0.4, 0.5) is 5.69 Å². The summed E-state index contributed by atoms with van der Waals surface area (Å²) in [7, 11) is 0. The summed E-state index contributed by atoms with van der Waals surface area (Å²) >= 11 is 3.41. The van der Waals surface area contributed by atoms with Crippen LogP contribution in [0.2, 0.25) is 0 Å². The van der Waals surface area contributed by atoms with Crippen molar-refractivity contribution in [2.75, 3.05) is 38.2 Å². The maximum Gasteiger partial charge on any atom is 0.224 e. The zero-order valence-electron chi connectivity index (χ0n) is 15.3. The normalized spacial score (nSPS) is 14.7. The van der Waals surface area contributed by atoms with Crippen LogP contribution in [0.3, 0.4) is 0 Å². The van der Waals surface area contributed by atoms with Crippen molar-refractivity contribution < 1.29 is 14.3 Å². The van der Waals surface area contributed by atoms with Crippen molar-refractivity contribution >= 4 is 27.5 Å². The van der Waals surface area contributed by atoms with Crippen LogP contribution in [0.15, 0.2) is 53.0 Å². The van der Waals surface area contributed by atoms with Crippen molar-refractivity contribution in [3.8, 4) is 5.75 Å². The van der Waals surface area contributed by atoms with Crippen LogP contribution < -0.4 is 10.1 Å². The van der Waals surface area contributed by atoms with Gasteiger partial charge in [0.15, 0.2) is 0 Å². The molecular formula is C21H25BrN2O3. The van der Waals surface area contributed by atoms with Gasteiger partial charge < -0.3 is 14.8 Å². The summed E-state index contributed by atoms with van der Waals surface area (Å²) in [6.07, 6.45) is 1.11. The molecule has 27 heavy (non-hydrogen) atoms. The highest BCUT2D eigenvalue weighted by Crippen LogP contribution is 2.18. The van der Waals surface area contributed by atoms with E-state index in [4.69, 9.17) is 9.47 Å². The van der Waals surface area contributed by atoms with Crippen LogP contribution in [0.1, 0.15) is 18.4 Å². The Balaban J connectivity index is 1.36. The fourth-order valence-corrected chi connectivity index (χ4v) is 3.29. The minimum Gasteiger partial charge on any atom is -0.494 e. The molecule has 3 rings (SSSR count). The van der Waals surface area contributed by atoms with Gasteiger partial charge in [0.1, 0.15) is 5.75 Å². The number of hydrogen-bond donors (Lipinski definition) is 1. The van der Waals surface area contributed by atoms with E-state index >= 15 is 0 Å². The van der Waals surface area contributed by atoms with Crippen LogP contribution in [0.5, 0.6) is 5.75 Å². The van der Waals surface area contributed by atoms with Crippen molar-refractivity contribution in [2.45, 2.75) is 19.4 Å². The van der Waals surface area contributed by atoms with Crippen LogP contribution in [-0.4, -0.2) is 43.7 Å². The van der Waals surface area contributed by atoms with Crippen LogP contribution in [0.25, 0.3) is 0 Å². The van der Waals surface area contributed by atoms with Crippen molar-refractivity contribution in [3.63, 3.8) is 0 Å². The first kappa shape index (κ1) is 19.9. The van der Waals surface area contributed by atoms with E-state index in [9.17, 15) is 4.79 Å². The van der Waals surface area contributed by atoms with E-state index in [-0.39, 0.29) is 5.91 Å². The first-order valence-electron chi connectivity index (χ1n) is 9.26. The Kier molecular flexibility index (Phi) is 7.68. The molecule has 1 aliphatic rings. The summed E-state index contributed by atoms with van der Waals surface area (Å²) in [5, 5.41) is 2.94. The molecule has 0 unspecified atom stereocenters. The molecule has 0 saturated carbocycles. The largest absolute Gasteiger partial charge is 0.494 e. The highest BCUT2D eigenvalue weighted by atomic mass is 79.9. The number of benzene rings is 2. The molecule has 0 aromatic heterocycles. The van der Waals surface area contributed by atoms with Gasteiger partial charge in [-0.2, -0.15) is 0 Å². The Morgan fingerprint density at radius 1 is 1.15 bits per heavy atom. The van der Waals surface area contributed by atoms with Gasteiger partial charge in [-0.15, -0.1) is 0 Å². The molecule has 1 aliphatic heterocycles. The van der Waals surface area contributed by atoms with E-state index in [1.54, 1.807) is 0 Å². The summed E-state index contributed by atoms with van der Waals surface area (Å²) < 4.78 is 12.0. The zero-order valence-corrected chi connectivity index (χ0v) is 16.9. The van der Waals surface area contributed by atoms with E-state index in [1.807, 2.05) is 36.4 Å². The minimum atomic E-state index is 0.00812. The summed E-state index contributed by atoms with van der Waals surface area (Å²) in [4.78, 5) is 14.5. The van der Waals surface area contributed by atoms with Gasteiger partial charge in [0.2, 0.25) is 5.91 Å². The molecule has 2 aromatic carbocycles. The smallest absolute Gasteiger partial charge is 0.224 e. The van der Waals surface area contributed by atoms with Gasteiger partial charge in [0.25, 0.3) is 0 Å². The average Bonchev–Trinajstić information content (AvgIpc) is 2.68. The Morgan fingerprint density at radius 3 is 2.67 bits per heavy atom. The first-order chi connectivity index (χ1) is 13.2. The predicted octanol–water partition coefficient (Wildman–Crippen LogP) is 4.08. The van der Waals surface area contributed by atoms with E-state index in [0.717, 1.165) is 48.8 Å². The molecule has 144 valence electrons. The summed E-state index contributed by atoms with van der Waals surface area (Å²) in [6, 6.07) is 15.8. The Bertz CT molecular complexity index is 730. The maximum absolute atomic E-state index is 12.1. The number of anilines is 1. The quantitative estimate of drug-likeness (QED) is 0.638. The van der Waals surface area contributed by atoms with E-state index in [2.05, 4.69) is 38.3 Å². The SMILES string of the molecule is O=C(CCCOc1cccc(Br)c1)Nc1ccc(CN2CCOCC2)cc1. The van der Waals surface area contributed by atoms with Crippen molar-refractivity contribution in [1.82, 2.24) is 4.90 Å². The molecule has 6 heteroatoms. The third-order valence-electron chi connectivity index (χ3n) is 4.36. The number of carbonyl (C=O) groups is 1. The van der Waals surface area contributed by atoms with E-state index < -0.39 is 0 Å². The van der Waals surface area contributed by atoms with Crippen LogP contribution >= 0.6 is 15.9 Å². The molecule has 1 amide bonds. The summed E-state index contributed by atoms with van der Waals surface area (Å²) in [5.41, 5.74) is 2.08. The molecule has 0 bridgehead atoms. The van der Waals surface area contributed by atoms with E-state index in [1.165, 1.54) is 5.56 Å². The molecule has 0 radical (unpaired) electrons. The van der Waals surface area contributed by atoms with Gasteiger partial charge >= 0.3 is 0 Å². The van der Waals surface area contributed by atoms with Gasteiger partial charge in [-0.25, -0.2) is 0 Å². The number of amides is 1. The minimum absolute atomic E-state index is 0.00812. The maximum atomic E-state index is 12.1. The molecular weight excluding hydrogens is 408 g/mol. The molecule has 0 atom stereocenters. The number of halogens is 1. The number of morpholine rings is 1. The first-order valence-corrected chi connectivity index (χ1v) is 10.1. The monoisotopic (exact) mass is 432 g/mol. The summed E-state index contributed by atoms with van der Waals surface area (Å²) in [6.45, 7) is 4.99. The second-order valence-electron chi connectivity index (χ2n) is 6.54. The Hall–Kier alpha value is -1.89. The Morgan fingerprint density at radius 2 is 1.93 bits per heavy atom. The lowest BCUT2D eigenvalue weighted by Gasteiger charge is -2.26. The van der Waals surface area contributed by atoms with Crippen molar-refractivity contribution in [2.24, 2.45) is 0 Å². The molecule has 0 spiro atoms. The second kappa shape index (κ2) is 10.4. The lowest BCUT2D eigenvalue weighted by Crippen LogP contribution is -2.35. The molecule has 1 saturated heterocycles. The third-order valence-corrected chi connectivity index (χ3v) is 4.85. The molecule has 1 N–H and O–H groups in total. The standard InChI is InChI=1S/C21H25BrN2O3/c22-18-3-1-4-20(15-18)27-12-2-5-21(25)23-19-8-6-17(7-9-19)16-24-10-13-26-14-11-24/h1,3-4,6-9,15H,2,5,10-14,16H2,(H,23,25). The molecule has 2 aromatic rings. The fraction of sp³-hybridized carbons (Fsp3) is 0.381. The number of rotatable bonds is 8. The van der Waals surface area contributed by atoms with Gasteiger partial charge in [0, 0.05) is 36.2 Å². The number of nitrogens with one attached hydrogen (secondary N) is 1. The van der Waals surface area contributed by atoms with Crippen molar-refractivity contribution in [3.05, 3.63) is 58.6 Å². The van der Waals surface area contributed by atoms with Gasteiger partial charge in [-0.3, -0.25) is 9.69 Å². The van der Waals surface area contributed by atoms with Gasteiger partial charge in [0.05, 0.1) is 19.8 Å². The highest BCUT2D eigenvalue weighted by Gasteiger charge is 2.10. The molecule has 1 heterocycles. The fourth-order valence-electron chi connectivity index (χ4n) is 2.91. The molecule has 0 aliphatic carbocycles. The number of hydrogen-bond acceptors (Lipinski definition) is 4. The lowest BCUT2D eigenvalue weighted by molar-refractivity contribution is -0.116. The van der Waals surface area contributed by atoms with Crippen molar-refractivity contribution in [1.29, 1.82) is 0 Å².